The van der Waals surface area contributed by atoms with Gasteiger partial charge in [-0.05, 0) is 17.2 Å². The highest BCUT2D eigenvalue weighted by Crippen LogP contribution is 2.11. The number of nitrogens with two attached hydrogens (primary N) is 1. The number of aliphatic imine (C=N–C) groups is 1. The Kier molecular flexibility index (Phi) is 7.98. The molecule has 152 valence electrons. The molecule has 1 aliphatic heterocycles. The number of nitrogens with zero attached hydrogens (tertiary/aromatic N) is 5. The molecule has 2 aromatic rings. The van der Waals surface area contributed by atoms with Gasteiger partial charge < -0.3 is 15.5 Å². The summed E-state index contributed by atoms with van der Waals surface area (Å²) in [6.45, 7) is 3.58. The Hall–Kier alpha value is -1.95. The minimum atomic E-state index is -3.02. The van der Waals surface area contributed by atoms with Crippen LogP contribution in [0.25, 0.3) is 0 Å². The smallest absolute Gasteiger partial charge is 0.225 e. The molecule has 0 unspecified atom stereocenters. The molecule has 0 radical (unpaired) electrons. The topological polar surface area (TPSA) is 105 Å². The monoisotopic (exact) mass is 516 g/mol. The fourth-order valence-electron chi connectivity index (χ4n) is 2.91. The van der Waals surface area contributed by atoms with Crippen LogP contribution in [-0.2, 0) is 22.1 Å². The third kappa shape index (κ3) is 6.59. The molecule has 0 bridgehead atoms. The third-order valence-electron chi connectivity index (χ3n) is 4.31. The first-order valence-corrected chi connectivity index (χ1v) is 10.8. The molecule has 2 heterocycles. The van der Waals surface area contributed by atoms with Gasteiger partial charge in [0.25, 0.3) is 0 Å². The second-order valence-electron chi connectivity index (χ2n) is 6.58. The van der Waals surface area contributed by atoms with Gasteiger partial charge in [0, 0.05) is 44.8 Å². The number of benzene rings is 1. The van der Waals surface area contributed by atoms with E-state index < -0.39 is 9.84 Å². The number of piperazine rings is 1. The Labute approximate surface area is 182 Å². The first kappa shape index (κ1) is 22.3. The highest BCUT2D eigenvalue weighted by Gasteiger charge is 2.19. The molecule has 0 amide bonds. The molecule has 1 saturated heterocycles. The van der Waals surface area contributed by atoms with Gasteiger partial charge in [-0.15, -0.1) is 24.0 Å². The van der Waals surface area contributed by atoms with Crippen LogP contribution in [0.4, 0.5) is 5.95 Å². The van der Waals surface area contributed by atoms with Crippen molar-refractivity contribution in [2.45, 2.75) is 12.3 Å². The Morgan fingerprint density at radius 1 is 1.07 bits per heavy atom. The molecule has 1 fully saturated rings. The Morgan fingerprint density at radius 2 is 1.64 bits per heavy atom. The quantitative estimate of drug-likeness (QED) is 0.363. The van der Waals surface area contributed by atoms with Gasteiger partial charge >= 0.3 is 0 Å². The molecular formula is C18H25IN6O2S. The maximum Gasteiger partial charge on any atom is 0.225 e. The lowest BCUT2D eigenvalue weighted by Gasteiger charge is -2.35. The molecular weight excluding hydrogens is 491 g/mol. The van der Waals surface area contributed by atoms with Crippen molar-refractivity contribution in [2.75, 3.05) is 37.3 Å². The summed E-state index contributed by atoms with van der Waals surface area (Å²) in [4.78, 5) is 17.2. The van der Waals surface area contributed by atoms with Crippen LogP contribution in [0.1, 0.15) is 11.1 Å². The predicted octanol–water partition coefficient (Wildman–Crippen LogP) is 1.28. The van der Waals surface area contributed by atoms with Gasteiger partial charge in [0.15, 0.2) is 15.8 Å². The van der Waals surface area contributed by atoms with Crippen molar-refractivity contribution in [1.82, 2.24) is 14.9 Å². The molecule has 0 aliphatic carbocycles. The maximum absolute atomic E-state index is 11.3. The summed E-state index contributed by atoms with van der Waals surface area (Å²) in [5.74, 6) is 1.30. The van der Waals surface area contributed by atoms with Crippen LogP contribution in [0.2, 0.25) is 0 Å². The van der Waals surface area contributed by atoms with E-state index in [0.717, 1.165) is 43.3 Å². The van der Waals surface area contributed by atoms with Crippen molar-refractivity contribution in [1.29, 1.82) is 0 Å². The number of guanidine groups is 1. The maximum atomic E-state index is 11.3. The second kappa shape index (κ2) is 10.0. The van der Waals surface area contributed by atoms with Gasteiger partial charge in [-0.3, -0.25) is 0 Å². The molecule has 0 spiro atoms. The van der Waals surface area contributed by atoms with Gasteiger partial charge in [-0.2, -0.15) is 0 Å². The van der Waals surface area contributed by atoms with Crippen LogP contribution >= 0.6 is 24.0 Å². The zero-order valence-corrected chi connectivity index (χ0v) is 18.9. The summed E-state index contributed by atoms with van der Waals surface area (Å²) < 4.78 is 22.7. The molecule has 0 saturated carbocycles. The van der Waals surface area contributed by atoms with Crippen LogP contribution in [0.5, 0.6) is 0 Å². The van der Waals surface area contributed by atoms with Crippen LogP contribution < -0.4 is 10.6 Å². The van der Waals surface area contributed by atoms with Gasteiger partial charge in [-0.25, -0.2) is 23.4 Å². The predicted molar refractivity (Wildman–Crippen MR) is 122 cm³/mol. The molecule has 8 nitrogen and oxygen atoms in total. The van der Waals surface area contributed by atoms with E-state index in [9.17, 15) is 8.42 Å². The minimum absolute atomic E-state index is 0. The van der Waals surface area contributed by atoms with Crippen LogP contribution in [0.15, 0.2) is 47.7 Å². The summed E-state index contributed by atoms with van der Waals surface area (Å²) in [6, 6.07) is 9.23. The largest absolute Gasteiger partial charge is 0.370 e. The van der Waals surface area contributed by atoms with E-state index in [-0.39, 0.29) is 29.7 Å². The molecule has 1 aliphatic rings. The molecule has 10 heteroatoms. The number of rotatable bonds is 5. The summed E-state index contributed by atoms with van der Waals surface area (Å²) in [5.41, 5.74) is 7.91. The van der Waals surface area contributed by atoms with E-state index in [0.29, 0.717) is 12.5 Å². The van der Waals surface area contributed by atoms with Gasteiger partial charge in [-0.1, -0.05) is 24.3 Å². The molecule has 28 heavy (non-hydrogen) atoms. The van der Waals surface area contributed by atoms with Crippen LogP contribution in [0, 0.1) is 0 Å². The van der Waals surface area contributed by atoms with Crippen molar-refractivity contribution >= 4 is 45.7 Å². The number of hydrogen-bond donors (Lipinski definition) is 1. The third-order valence-corrected chi connectivity index (χ3v) is 5.17. The molecule has 3 rings (SSSR count). The number of aromatic nitrogens is 2. The van der Waals surface area contributed by atoms with E-state index >= 15 is 0 Å². The average Bonchev–Trinajstić information content (AvgIpc) is 2.67. The van der Waals surface area contributed by atoms with Gasteiger partial charge in [0.05, 0.1) is 12.3 Å². The number of sulfone groups is 1. The first-order chi connectivity index (χ1) is 12.9. The number of hydrogen-bond acceptors (Lipinski definition) is 6. The van der Waals surface area contributed by atoms with E-state index in [1.807, 2.05) is 24.3 Å². The summed E-state index contributed by atoms with van der Waals surface area (Å²) >= 11 is 0. The van der Waals surface area contributed by atoms with Crippen LogP contribution in [-0.4, -0.2) is 61.7 Å². The van der Waals surface area contributed by atoms with E-state index in [1.165, 1.54) is 6.26 Å². The van der Waals surface area contributed by atoms with Crippen LogP contribution in [0.3, 0.4) is 0 Å². The normalized spacial score (nSPS) is 15.2. The zero-order chi connectivity index (χ0) is 19.3. The molecule has 2 N–H and O–H groups in total. The summed E-state index contributed by atoms with van der Waals surface area (Å²) in [6.07, 6.45) is 4.72. The standard InChI is InChI=1S/C18H24N6O2S.HI/c1-27(25,26)14-16-5-3-15(4-6-16)13-22-17(19)23-9-11-24(12-10-23)18-20-7-2-8-21-18;/h2-8H,9-14H2,1H3,(H2,19,22);1H. The highest BCUT2D eigenvalue weighted by atomic mass is 127. The zero-order valence-electron chi connectivity index (χ0n) is 15.7. The lowest BCUT2D eigenvalue weighted by atomic mass is 10.1. The minimum Gasteiger partial charge on any atom is -0.370 e. The molecule has 1 aromatic heterocycles. The van der Waals surface area contributed by atoms with E-state index in [2.05, 4.69) is 24.8 Å². The average molecular weight is 516 g/mol. The van der Waals surface area contributed by atoms with Crippen molar-refractivity contribution in [2.24, 2.45) is 10.7 Å². The highest BCUT2D eigenvalue weighted by molar-refractivity contribution is 14.0. The van der Waals surface area contributed by atoms with Gasteiger partial charge in [0.1, 0.15) is 0 Å². The number of halogens is 1. The first-order valence-electron chi connectivity index (χ1n) is 8.73. The number of anilines is 1. The Balaban J connectivity index is 0.00000280. The van der Waals surface area contributed by atoms with E-state index in [4.69, 9.17) is 5.73 Å². The SMILES string of the molecule is CS(=O)(=O)Cc1ccc(CN=C(N)N2CCN(c3ncccn3)CC2)cc1.I. The second-order valence-corrected chi connectivity index (χ2v) is 8.72. The Bertz CT molecular complexity index is 882. The fraction of sp³-hybridized carbons (Fsp3) is 0.389. The van der Waals surface area contributed by atoms with Crippen molar-refractivity contribution in [3.05, 3.63) is 53.9 Å². The van der Waals surface area contributed by atoms with E-state index in [1.54, 1.807) is 18.5 Å². The van der Waals surface area contributed by atoms with Crippen molar-refractivity contribution < 1.29 is 8.42 Å². The van der Waals surface area contributed by atoms with Gasteiger partial charge in [0.2, 0.25) is 5.95 Å². The fourth-order valence-corrected chi connectivity index (χ4v) is 3.70. The van der Waals surface area contributed by atoms with Crippen molar-refractivity contribution in [3.63, 3.8) is 0 Å². The molecule has 0 atom stereocenters. The summed E-state index contributed by atoms with van der Waals surface area (Å²) in [5, 5.41) is 0. The molecule has 1 aromatic carbocycles. The summed E-state index contributed by atoms with van der Waals surface area (Å²) in [7, 11) is -3.02. The van der Waals surface area contributed by atoms with Crippen molar-refractivity contribution in [3.8, 4) is 0 Å². The lowest BCUT2D eigenvalue weighted by molar-refractivity contribution is 0.378. The Morgan fingerprint density at radius 3 is 2.21 bits per heavy atom. The lowest BCUT2D eigenvalue weighted by Crippen LogP contribution is -2.51.